The molecule has 10 fully saturated rings. The molecule has 0 aromatic heterocycles. The van der Waals surface area contributed by atoms with E-state index in [1.165, 1.54) is 6.92 Å². The van der Waals surface area contributed by atoms with E-state index in [0.29, 0.717) is 51.4 Å². The Labute approximate surface area is 532 Å². The summed E-state index contributed by atoms with van der Waals surface area (Å²) in [5.74, 6) is -1.31. The molecule has 6 aliphatic heterocycles. The van der Waals surface area contributed by atoms with Gasteiger partial charge in [0.05, 0.1) is 76.6 Å². The predicted octanol–water partition coefficient (Wildman–Crippen LogP) is -4.86. The van der Waals surface area contributed by atoms with Crippen molar-refractivity contribution >= 4 is 5.97 Å². The Balaban J connectivity index is 0.777. The summed E-state index contributed by atoms with van der Waals surface area (Å²) in [5.41, 5.74) is -7.08. The molecule has 0 spiro atoms. The highest BCUT2D eigenvalue weighted by Crippen LogP contribution is 2.76. The molecule has 30 nitrogen and oxygen atoms in total. The second-order valence-electron chi connectivity index (χ2n) is 30.4. The molecule has 0 unspecified atom stereocenters. The first-order valence-corrected chi connectivity index (χ1v) is 32.5. The second kappa shape index (κ2) is 26.0. The molecule has 92 heavy (non-hydrogen) atoms. The molecule has 528 valence electrons. The van der Waals surface area contributed by atoms with Crippen LogP contribution in [0.15, 0.2) is 11.6 Å². The third-order valence-corrected chi connectivity index (χ3v) is 24.4. The molecule has 34 atom stereocenters. The lowest BCUT2D eigenvalue weighted by Crippen LogP contribution is -2.69. The Bertz CT molecular complexity index is 2620. The first kappa shape index (κ1) is 71.4. The van der Waals surface area contributed by atoms with E-state index in [-0.39, 0.29) is 29.6 Å². The largest absolute Gasteiger partial charge is 0.432 e. The van der Waals surface area contributed by atoms with Crippen molar-refractivity contribution in [1.82, 2.24) is 0 Å². The summed E-state index contributed by atoms with van der Waals surface area (Å²) in [6.45, 7) is 9.43. The third-order valence-electron chi connectivity index (χ3n) is 24.4. The molecule has 6 heterocycles. The molecule has 11 rings (SSSR count). The smallest absolute Gasteiger partial charge is 0.315 e. The Morgan fingerprint density at radius 3 is 1.72 bits per heavy atom. The van der Waals surface area contributed by atoms with Gasteiger partial charge in [-0.1, -0.05) is 53.2 Å². The van der Waals surface area contributed by atoms with E-state index in [1.54, 1.807) is 0 Å². The van der Waals surface area contributed by atoms with Crippen LogP contribution in [-0.2, 0) is 61.6 Å². The number of ether oxygens (including phenoxy) is 12. The van der Waals surface area contributed by atoms with E-state index in [1.807, 2.05) is 6.92 Å². The summed E-state index contributed by atoms with van der Waals surface area (Å²) in [5, 5.41) is 186. The van der Waals surface area contributed by atoms with Crippen LogP contribution in [0.25, 0.3) is 0 Å². The molecule has 11 aliphatic rings. The molecule has 17 N–H and O–H groups in total. The van der Waals surface area contributed by atoms with E-state index in [4.69, 9.17) is 56.8 Å². The number of allylic oxidation sites excluding steroid dienone is 2. The number of rotatable bonds is 16. The SMILES string of the molecule is C[C@@H]1O[C@@H](O[C@H]2[C@H](OC(=O)[C@]34CCC(C)(C)C[C@H]3C3=CC[C@@H]5[C@@]6(C)C[C@H](O)[C@H](O[C@@H]7O[C@H](CO)[C@@H](O[C@@H]8OC[C@](O)(CO)[C@H]8O)[C@H](O)[C@H]7O)[C@@](C)(CO)[C@@H]6CC[C@@]5(C)[C@]3(C)CC4)OC[C@H](O)[C@@H]2O)[C@H](O)[C@H](O)[C@H]1O[C@@H]1OC[C@@H](O)[C@H](O[C@@H]2OC[C@](O)(CO)[C@H]2O)[C@H]1O. The maximum Gasteiger partial charge on any atom is 0.315 e. The van der Waals surface area contributed by atoms with Crippen molar-refractivity contribution < 1.29 is 148 Å². The zero-order valence-corrected chi connectivity index (χ0v) is 53.1. The zero-order chi connectivity index (χ0) is 67.0. The Kier molecular flexibility index (Phi) is 20.2. The van der Waals surface area contributed by atoms with Gasteiger partial charge in [0.15, 0.2) is 37.6 Å². The van der Waals surface area contributed by atoms with Crippen LogP contribution in [0.2, 0.25) is 0 Å². The summed E-state index contributed by atoms with van der Waals surface area (Å²) in [7, 11) is 0. The number of carbonyl (C=O) groups is 1. The van der Waals surface area contributed by atoms with E-state index >= 15 is 4.79 Å². The highest BCUT2D eigenvalue weighted by atomic mass is 16.8. The maximum absolute atomic E-state index is 15.5. The maximum atomic E-state index is 15.5. The third kappa shape index (κ3) is 11.7. The topological polar surface area (TPSA) is 472 Å². The Morgan fingerprint density at radius 2 is 1.11 bits per heavy atom. The van der Waals surface area contributed by atoms with Crippen LogP contribution in [0.5, 0.6) is 0 Å². The number of esters is 1. The van der Waals surface area contributed by atoms with Gasteiger partial charge in [-0.25, -0.2) is 0 Å². The lowest BCUT2D eigenvalue weighted by atomic mass is 9.33. The minimum atomic E-state index is -2.07. The average molecular weight is 1330 g/mol. The Morgan fingerprint density at radius 1 is 0.543 bits per heavy atom. The van der Waals surface area contributed by atoms with Gasteiger partial charge in [0.1, 0.15) is 96.7 Å². The second-order valence-corrected chi connectivity index (χ2v) is 30.4. The van der Waals surface area contributed by atoms with Gasteiger partial charge < -0.3 is 144 Å². The van der Waals surface area contributed by atoms with Gasteiger partial charge in [0, 0.05) is 5.41 Å². The monoisotopic (exact) mass is 1320 g/mol. The van der Waals surface area contributed by atoms with Crippen LogP contribution < -0.4 is 0 Å². The zero-order valence-electron chi connectivity index (χ0n) is 53.1. The van der Waals surface area contributed by atoms with Crippen molar-refractivity contribution in [3.05, 3.63) is 11.6 Å². The van der Waals surface area contributed by atoms with E-state index in [0.717, 1.165) is 5.57 Å². The van der Waals surface area contributed by atoms with Crippen molar-refractivity contribution in [2.75, 3.05) is 52.9 Å². The van der Waals surface area contributed by atoms with Crippen molar-refractivity contribution in [2.24, 2.45) is 50.2 Å². The minimum absolute atomic E-state index is 0.0761. The van der Waals surface area contributed by atoms with Gasteiger partial charge in [-0.3, -0.25) is 4.79 Å². The molecule has 0 aromatic rings. The van der Waals surface area contributed by atoms with E-state index in [9.17, 15) is 86.8 Å². The number of carbonyl (C=O) groups excluding carboxylic acids is 1. The minimum Gasteiger partial charge on any atom is -0.432 e. The van der Waals surface area contributed by atoms with Crippen LogP contribution in [-0.4, -0.2) is 304 Å². The lowest BCUT2D eigenvalue weighted by molar-refractivity contribution is -0.372. The Hall–Kier alpha value is -1.91. The van der Waals surface area contributed by atoms with Crippen molar-refractivity contribution in [3.63, 3.8) is 0 Å². The lowest BCUT2D eigenvalue weighted by Gasteiger charge is -2.72. The summed E-state index contributed by atoms with van der Waals surface area (Å²) in [6, 6.07) is 0. The summed E-state index contributed by atoms with van der Waals surface area (Å²) < 4.78 is 70.5. The van der Waals surface area contributed by atoms with Gasteiger partial charge in [0.2, 0.25) is 6.29 Å². The molecular formula is C62H100O30. The van der Waals surface area contributed by atoms with Crippen LogP contribution in [0.1, 0.15) is 106 Å². The number of hydrogen-bond acceptors (Lipinski definition) is 30. The summed E-state index contributed by atoms with van der Waals surface area (Å²) in [6.07, 6.45) is -31.6. The number of aliphatic hydroxyl groups is 17. The van der Waals surface area contributed by atoms with Crippen LogP contribution >= 0.6 is 0 Å². The summed E-state index contributed by atoms with van der Waals surface area (Å²) >= 11 is 0. The molecule has 4 saturated carbocycles. The van der Waals surface area contributed by atoms with Gasteiger partial charge >= 0.3 is 5.97 Å². The molecule has 30 heteroatoms. The molecule has 0 amide bonds. The van der Waals surface area contributed by atoms with Gasteiger partial charge in [-0.15, -0.1) is 0 Å². The fourth-order valence-corrected chi connectivity index (χ4v) is 18.5. The standard InChI is InChI=1S/C62H100O30/c1-26-41(87-48-40(75)42(31(69)20-81-48)88-52-45(76)61(79,22-65)24-83-52)36(71)38(73)49(85-26)90-44-35(70)30(68)19-82-51(44)92-54(78)60-14-12-55(2,3)16-28(60)27-8-9-34-56(4)17-29(67)47(57(5,21-64)33(56)10-11-59(34,7)58(27,6)13-15-60)91-50-39(74)37(72)43(32(18-63)86-50)89-53-46(77)62(80,23-66)25-84-53/h8,26,28-53,63-77,79-80H,9-25H2,1-7H3/t26-,28-,29-,30-,31+,32+,33+,34+,35-,36-,37+,38+,39+,40+,41-,42-,43+,44+,45-,46-,47-,48-,49-,50-,51-,52-,53-,56-,57-,58+,59+,60-,61+,62+/m0/s1. The average Bonchev–Trinajstić information content (AvgIpc) is 0.772. The normalized spacial score (nSPS) is 55.1. The molecule has 5 aliphatic carbocycles. The van der Waals surface area contributed by atoms with Crippen molar-refractivity contribution in [3.8, 4) is 0 Å². The number of fused-ring (bicyclic) bond motifs is 7. The van der Waals surface area contributed by atoms with E-state index < -0.39 is 245 Å². The molecule has 0 aromatic carbocycles. The fraction of sp³-hybridized carbons (Fsp3) is 0.952. The van der Waals surface area contributed by atoms with Gasteiger partial charge in [-0.05, 0) is 104 Å². The highest BCUT2D eigenvalue weighted by molar-refractivity contribution is 5.79. The summed E-state index contributed by atoms with van der Waals surface area (Å²) in [4.78, 5) is 15.5. The van der Waals surface area contributed by atoms with Crippen molar-refractivity contribution in [2.45, 2.75) is 265 Å². The highest BCUT2D eigenvalue weighted by Gasteiger charge is 2.72. The van der Waals surface area contributed by atoms with Crippen LogP contribution in [0, 0.1) is 50.2 Å². The quantitative estimate of drug-likeness (QED) is 0.0391. The van der Waals surface area contributed by atoms with Gasteiger partial charge in [0.25, 0.3) is 0 Å². The first-order valence-electron chi connectivity index (χ1n) is 32.5. The molecular weight excluding hydrogens is 1220 g/mol. The van der Waals surface area contributed by atoms with Gasteiger partial charge in [-0.2, -0.15) is 0 Å². The van der Waals surface area contributed by atoms with E-state index in [2.05, 4.69) is 40.7 Å². The molecule has 0 radical (unpaired) electrons. The molecule has 6 saturated heterocycles. The van der Waals surface area contributed by atoms with Crippen molar-refractivity contribution in [1.29, 1.82) is 0 Å². The molecule has 0 bridgehead atoms. The predicted molar refractivity (Wildman–Crippen MR) is 305 cm³/mol. The van der Waals surface area contributed by atoms with Crippen LogP contribution in [0.3, 0.4) is 0 Å². The van der Waals surface area contributed by atoms with Crippen LogP contribution in [0.4, 0.5) is 0 Å². The fourth-order valence-electron chi connectivity index (χ4n) is 18.5. The first-order chi connectivity index (χ1) is 43.1. The number of hydrogen-bond donors (Lipinski definition) is 17. The number of aliphatic hydroxyl groups excluding tert-OH is 15.